The van der Waals surface area contributed by atoms with Crippen LogP contribution in [-0.4, -0.2) is 4.98 Å². The van der Waals surface area contributed by atoms with Gasteiger partial charge in [0.2, 0.25) is 0 Å². The number of aromatic nitrogens is 1. The number of fused-ring (bicyclic) bond motifs is 1. The van der Waals surface area contributed by atoms with Crippen LogP contribution in [-0.2, 0) is 0 Å². The van der Waals surface area contributed by atoms with Crippen LogP contribution >= 0.6 is 0 Å². The van der Waals surface area contributed by atoms with Gasteiger partial charge in [-0.15, -0.1) is 0 Å². The fourth-order valence-electron chi connectivity index (χ4n) is 1.46. The molecule has 70 valence electrons. The number of nitrogens with one attached hydrogen (secondary N) is 1. The molecule has 2 rings (SSSR count). The van der Waals surface area contributed by atoms with Crippen molar-refractivity contribution in [2.45, 2.75) is 0 Å². The van der Waals surface area contributed by atoms with E-state index in [0.29, 0.717) is 5.57 Å². The first kappa shape index (κ1) is 9.05. The Hall–Kier alpha value is -2.52. The molecule has 0 atom stereocenters. The number of H-pyrrole nitrogens is 1. The van der Waals surface area contributed by atoms with Gasteiger partial charge >= 0.3 is 0 Å². The third-order valence-electron chi connectivity index (χ3n) is 2.20. The summed E-state index contributed by atoms with van der Waals surface area (Å²) in [5, 5.41) is 18.5. The highest BCUT2D eigenvalue weighted by atomic mass is 14.7. The van der Waals surface area contributed by atoms with E-state index >= 15 is 0 Å². The molecule has 3 nitrogen and oxygen atoms in total. The molecule has 1 aromatic carbocycles. The van der Waals surface area contributed by atoms with E-state index in [0.717, 1.165) is 16.5 Å². The number of nitrogens with zero attached hydrogens (tertiary/aromatic N) is 2. The molecule has 15 heavy (non-hydrogen) atoms. The molecule has 0 amide bonds. The van der Waals surface area contributed by atoms with Gasteiger partial charge in [-0.1, -0.05) is 12.1 Å². The molecule has 0 unspecified atom stereocenters. The normalized spacial score (nSPS) is 10.9. The number of nitriles is 2. The summed E-state index contributed by atoms with van der Waals surface area (Å²) in [6.07, 6.45) is 3.10. The standard InChI is InChI=1S/C12H7N3/c13-5-3-11(8-14)10-2-1-9-4-6-15-12(9)7-10/h1-4,6-7,15H. The van der Waals surface area contributed by atoms with Gasteiger partial charge in [0.05, 0.1) is 11.6 Å². The Morgan fingerprint density at radius 3 is 2.87 bits per heavy atom. The van der Waals surface area contributed by atoms with Crippen LogP contribution in [0.4, 0.5) is 0 Å². The first-order valence-corrected chi connectivity index (χ1v) is 4.42. The molecule has 1 heterocycles. The maximum atomic E-state index is 8.85. The van der Waals surface area contributed by atoms with Crippen LogP contribution in [0, 0.1) is 22.7 Å². The molecule has 0 aliphatic rings. The van der Waals surface area contributed by atoms with Gasteiger partial charge < -0.3 is 4.98 Å². The van der Waals surface area contributed by atoms with E-state index in [1.54, 1.807) is 0 Å². The smallest absolute Gasteiger partial charge is 0.101 e. The molecule has 3 heteroatoms. The molecule has 2 aromatic rings. The molecule has 0 bridgehead atoms. The molecule has 0 saturated carbocycles. The van der Waals surface area contributed by atoms with Crippen molar-refractivity contribution >= 4 is 16.5 Å². The Morgan fingerprint density at radius 2 is 2.13 bits per heavy atom. The zero-order chi connectivity index (χ0) is 10.7. The van der Waals surface area contributed by atoms with Crippen LogP contribution < -0.4 is 0 Å². The van der Waals surface area contributed by atoms with Crippen molar-refractivity contribution in [1.29, 1.82) is 10.5 Å². The summed E-state index contributed by atoms with van der Waals surface area (Å²) in [5.74, 6) is 0. The molecule has 1 N–H and O–H groups in total. The fraction of sp³-hybridized carbons (Fsp3) is 0. The number of rotatable bonds is 1. The average Bonchev–Trinajstić information content (AvgIpc) is 2.72. The number of aromatic amines is 1. The highest BCUT2D eigenvalue weighted by molar-refractivity contribution is 5.87. The summed E-state index contributed by atoms with van der Waals surface area (Å²) in [5.41, 5.74) is 2.11. The summed E-state index contributed by atoms with van der Waals surface area (Å²) in [7, 11) is 0. The first-order chi connectivity index (χ1) is 7.35. The van der Waals surface area contributed by atoms with Gasteiger partial charge in [0.25, 0.3) is 0 Å². The van der Waals surface area contributed by atoms with Crippen molar-refractivity contribution in [3.8, 4) is 12.1 Å². The van der Waals surface area contributed by atoms with Crippen molar-refractivity contribution in [3.05, 3.63) is 42.1 Å². The second-order valence-electron chi connectivity index (χ2n) is 3.08. The minimum atomic E-state index is 0.383. The van der Waals surface area contributed by atoms with Crippen LogP contribution in [0.2, 0.25) is 0 Å². The maximum Gasteiger partial charge on any atom is 0.101 e. The van der Waals surface area contributed by atoms with E-state index in [1.165, 1.54) is 6.08 Å². The zero-order valence-corrected chi connectivity index (χ0v) is 7.86. The Labute approximate surface area is 86.9 Å². The Morgan fingerprint density at radius 1 is 1.27 bits per heavy atom. The van der Waals surface area contributed by atoms with Crippen molar-refractivity contribution in [1.82, 2.24) is 4.98 Å². The van der Waals surface area contributed by atoms with Crippen LogP contribution in [0.5, 0.6) is 0 Å². The topological polar surface area (TPSA) is 63.4 Å². The number of hydrogen-bond acceptors (Lipinski definition) is 2. The molecule has 0 spiro atoms. The molecule has 0 fully saturated rings. The largest absolute Gasteiger partial charge is 0.361 e. The fourth-order valence-corrected chi connectivity index (χ4v) is 1.46. The molecular formula is C12H7N3. The number of allylic oxidation sites excluding steroid dienone is 2. The van der Waals surface area contributed by atoms with E-state index in [1.807, 2.05) is 42.6 Å². The van der Waals surface area contributed by atoms with Crippen molar-refractivity contribution < 1.29 is 0 Å². The number of hydrogen-bond donors (Lipinski definition) is 1. The third kappa shape index (κ3) is 1.59. The first-order valence-electron chi connectivity index (χ1n) is 4.42. The maximum absolute atomic E-state index is 8.85. The second-order valence-corrected chi connectivity index (χ2v) is 3.08. The van der Waals surface area contributed by atoms with Gasteiger partial charge in [0.1, 0.15) is 6.07 Å². The molecule has 0 radical (unpaired) electrons. The Bertz CT molecular complexity index is 606. The van der Waals surface area contributed by atoms with Gasteiger partial charge in [-0.05, 0) is 23.1 Å². The minimum Gasteiger partial charge on any atom is -0.361 e. The van der Waals surface area contributed by atoms with Crippen molar-refractivity contribution in [3.63, 3.8) is 0 Å². The van der Waals surface area contributed by atoms with Gasteiger partial charge in [-0.2, -0.15) is 10.5 Å². The summed E-state index contributed by atoms with van der Waals surface area (Å²) >= 11 is 0. The van der Waals surface area contributed by atoms with Gasteiger partial charge in [0, 0.05) is 17.8 Å². The summed E-state index contributed by atoms with van der Waals surface area (Å²) in [6.45, 7) is 0. The quantitative estimate of drug-likeness (QED) is 0.707. The third-order valence-corrected chi connectivity index (χ3v) is 2.20. The summed E-state index contributed by atoms with van der Waals surface area (Å²) in [4.78, 5) is 3.06. The summed E-state index contributed by atoms with van der Waals surface area (Å²) < 4.78 is 0. The average molecular weight is 193 g/mol. The lowest BCUT2D eigenvalue weighted by atomic mass is 10.1. The van der Waals surface area contributed by atoms with E-state index in [-0.39, 0.29) is 0 Å². The molecule has 0 saturated heterocycles. The Balaban J connectivity index is 2.58. The zero-order valence-electron chi connectivity index (χ0n) is 7.86. The molecule has 1 aromatic heterocycles. The van der Waals surface area contributed by atoms with Crippen LogP contribution in [0.25, 0.3) is 16.5 Å². The monoisotopic (exact) mass is 193 g/mol. The van der Waals surface area contributed by atoms with E-state index in [9.17, 15) is 0 Å². The Kier molecular flexibility index (Phi) is 2.23. The van der Waals surface area contributed by atoms with Crippen molar-refractivity contribution in [2.75, 3.05) is 0 Å². The highest BCUT2D eigenvalue weighted by Crippen LogP contribution is 2.19. The predicted molar refractivity (Wildman–Crippen MR) is 57.5 cm³/mol. The molecular weight excluding hydrogens is 186 g/mol. The molecule has 0 aliphatic heterocycles. The molecule has 0 aliphatic carbocycles. The van der Waals surface area contributed by atoms with Gasteiger partial charge in [-0.3, -0.25) is 0 Å². The lowest BCUT2D eigenvalue weighted by Crippen LogP contribution is -1.80. The van der Waals surface area contributed by atoms with E-state index in [4.69, 9.17) is 10.5 Å². The lowest BCUT2D eigenvalue weighted by Gasteiger charge is -1.97. The van der Waals surface area contributed by atoms with Crippen LogP contribution in [0.15, 0.2) is 36.5 Å². The van der Waals surface area contributed by atoms with Crippen molar-refractivity contribution in [2.24, 2.45) is 0 Å². The lowest BCUT2D eigenvalue weighted by molar-refractivity contribution is 1.47. The van der Waals surface area contributed by atoms with Crippen LogP contribution in [0.3, 0.4) is 0 Å². The SMILES string of the molecule is N#CC=C(C#N)c1ccc2cc[nH]c2c1. The van der Waals surface area contributed by atoms with E-state index in [2.05, 4.69) is 4.98 Å². The highest BCUT2D eigenvalue weighted by Gasteiger charge is 2.01. The van der Waals surface area contributed by atoms with Gasteiger partial charge in [0.15, 0.2) is 0 Å². The minimum absolute atomic E-state index is 0.383. The second kappa shape index (κ2) is 3.69. The summed E-state index contributed by atoms with van der Waals surface area (Å²) in [6, 6.07) is 11.4. The van der Waals surface area contributed by atoms with E-state index < -0.39 is 0 Å². The predicted octanol–water partition coefficient (Wildman–Crippen LogP) is 2.60. The number of benzene rings is 1. The van der Waals surface area contributed by atoms with Crippen LogP contribution in [0.1, 0.15) is 5.56 Å². The van der Waals surface area contributed by atoms with Gasteiger partial charge in [-0.25, -0.2) is 0 Å².